The standard InChI is InChI=1S/C20H27NO4/c1-14-11-15(12-19(24-3)20(14)25-4)9-10-21-13-18(22)16-5-7-17(23-2)8-6-16/h5-8,11-12,18,21-22H,9-10,13H2,1-4H3. The minimum Gasteiger partial charge on any atom is -0.497 e. The van der Waals surface area contributed by atoms with Crippen molar-refractivity contribution in [1.82, 2.24) is 5.32 Å². The van der Waals surface area contributed by atoms with Crippen LogP contribution < -0.4 is 19.5 Å². The summed E-state index contributed by atoms with van der Waals surface area (Å²) in [4.78, 5) is 0. The third kappa shape index (κ3) is 5.11. The molecular formula is C20H27NO4. The number of aryl methyl sites for hydroxylation is 1. The maximum atomic E-state index is 10.2. The molecule has 5 nitrogen and oxygen atoms in total. The molecule has 0 bridgehead atoms. The minimum absolute atomic E-state index is 0.499. The molecule has 2 rings (SSSR count). The van der Waals surface area contributed by atoms with Gasteiger partial charge >= 0.3 is 0 Å². The summed E-state index contributed by atoms with van der Waals surface area (Å²) in [7, 11) is 4.92. The average Bonchev–Trinajstić information content (AvgIpc) is 2.64. The number of aliphatic hydroxyl groups excluding tert-OH is 1. The molecule has 0 spiro atoms. The molecule has 25 heavy (non-hydrogen) atoms. The predicted molar refractivity (Wildman–Crippen MR) is 98.8 cm³/mol. The summed E-state index contributed by atoms with van der Waals surface area (Å²) in [6.07, 6.45) is 0.300. The fraction of sp³-hybridized carbons (Fsp3) is 0.400. The van der Waals surface area contributed by atoms with Crippen molar-refractivity contribution in [3.63, 3.8) is 0 Å². The van der Waals surface area contributed by atoms with E-state index in [2.05, 4.69) is 11.4 Å². The number of hydrogen-bond acceptors (Lipinski definition) is 5. The van der Waals surface area contributed by atoms with Gasteiger partial charge in [0.2, 0.25) is 0 Å². The van der Waals surface area contributed by atoms with Crippen LogP contribution in [0.15, 0.2) is 36.4 Å². The first-order chi connectivity index (χ1) is 12.1. The van der Waals surface area contributed by atoms with E-state index in [1.54, 1.807) is 21.3 Å². The lowest BCUT2D eigenvalue weighted by Gasteiger charge is -2.14. The first-order valence-corrected chi connectivity index (χ1v) is 8.33. The summed E-state index contributed by atoms with van der Waals surface area (Å²) in [6, 6.07) is 11.6. The number of hydrogen-bond donors (Lipinski definition) is 2. The smallest absolute Gasteiger partial charge is 0.163 e. The molecular weight excluding hydrogens is 318 g/mol. The van der Waals surface area contributed by atoms with Crippen molar-refractivity contribution >= 4 is 0 Å². The van der Waals surface area contributed by atoms with Crippen molar-refractivity contribution in [2.75, 3.05) is 34.4 Å². The van der Waals surface area contributed by atoms with Crippen molar-refractivity contribution in [3.8, 4) is 17.2 Å². The van der Waals surface area contributed by atoms with Gasteiger partial charge < -0.3 is 24.6 Å². The van der Waals surface area contributed by atoms with E-state index in [-0.39, 0.29) is 0 Å². The number of aliphatic hydroxyl groups is 1. The lowest BCUT2D eigenvalue weighted by atomic mass is 10.1. The van der Waals surface area contributed by atoms with E-state index in [1.165, 1.54) is 5.56 Å². The molecule has 0 saturated carbocycles. The molecule has 2 aromatic carbocycles. The van der Waals surface area contributed by atoms with Gasteiger partial charge in [0.05, 0.1) is 27.4 Å². The Morgan fingerprint density at radius 3 is 2.32 bits per heavy atom. The number of rotatable bonds is 9. The van der Waals surface area contributed by atoms with Gasteiger partial charge in [0.15, 0.2) is 11.5 Å². The van der Waals surface area contributed by atoms with Crippen molar-refractivity contribution in [2.24, 2.45) is 0 Å². The third-order valence-corrected chi connectivity index (χ3v) is 4.15. The molecule has 2 N–H and O–H groups in total. The maximum Gasteiger partial charge on any atom is 0.163 e. The monoisotopic (exact) mass is 345 g/mol. The van der Waals surface area contributed by atoms with Gasteiger partial charge in [-0.25, -0.2) is 0 Å². The molecule has 136 valence electrons. The van der Waals surface area contributed by atoms with Crippen LogP contribution in [0.4, 0.5) is 0 Å². The molecule has 0 aliphatic heterocycles. The molecule has 0 aliphatic rings. The Kier molecular flexibility index (Phi) is 7.10. The summed E-state index contributed by atoms with van der Waals surface area (Å²) in [5, 5.41) is 13.5. The Labute approximate surface area is 149 Å². The lowest BCUT2D eigenvalue weighted by molar-refractivity contribution is 0.175. The van der Waals surface area contributed by atoms with Gasteiger partial charge in [0, 0.05) is 6.54 Å². The Morgan fingerprint density at radius 1 is 1.00 bits per heavy atom. The minimum atomic E-state index is -0.543. The summed E-state index contributed by atoms with van der Waals surface area (Å²) in [5.41, 5.74) is 3.09. The molecule has 5 heteroatoms. The molecule has 0 aromatic heterocycles. The first kappa shape index (κ1) is 19.1. The van der Waals surface area contributed by atoms with Crippen LogP contribution >= 0.6 is 0 Å². The number of nitrogens with one attached hydrogen (secondary N) is 1. The topological polar surface area (TPSA) is 60.0 Å². The molecule has 0 amide bonds. The van der Waals surface area contributed by atoms with Crippen molar-refractivity contribution in [3.05, 3.63) is 53.1 Å². The number of ether oxygens (including phenoxy) is 3. The van der Waals surface area contributed by atoms with Gasteiger partial charge in [0.1, 0.15) is 5.75 Å². The molecule has 0 radical (unpaired) electrons. The quantitative estimate of drug-likeness (QED) is 0.685. The fourth-order valence-electron chi connectivity index (χ4n) is 2.79. The van der Waals surface area contributed by atoms with Crippen molar-refractivity contribution < 1.29 is 19.3 Å². The van der Waals surface area contributed by atoms with E-state index < -0.39 is 6.10 Å². The highest BCUT2D eigenvalue weighted by Gasteiger charge is 2.10. The summed E-state index contributed by atoms with van der Waals surface area (Å²) in [6.45, 7) is 3.27. The highest BCUT2D eigenvalue weighted by Crippen LogP contribution is 2.32. The molecule has 0 saturated heterocycles. The zero-order valence-electron chi connectivity index (χ0n) is 15.3. The van der Waals surface area contributed by atoms with Crippen LogP contribution in [0.5, 0.6) is 17.2 Å². The zero-order valence-corrected chi connectivity index (χ0v) is 15.3. The van der Waals surface area contributed by atoms with Gasteiger partial charge in [-0.05, 0) is 54.8 Å². The van der Waals surface area contributed by atoms with E-state index in [1.807, 2.05) is 37.3 Å². The average molecular weight is 345 g/mol. The Balaban J connectivity index is 1.85. The van der Waals surface area contributed by atoms with Crippen LogP contribution in [0.1, 0.15) is 22.8 Å². The van der Waals surface area contributed by atoms with Crippen molar-refractivity contribution in [1.29, 1.82) is 0 Å². The van der Waals surface area contributed by atoms with E-state index in [0.29, 0.717) is 6.54 Å². The van der Waals surface area contributed by atoms with Gasteiger partial charge in [-0.2, -0.15) is 0 Å². The number of benzene rings is 2. The Morgan fingerprint density at radius 2 is 1.72 bits per heavy atom. The van der Waals surface area contributed by atoms with Crippen LogP contribution in [0, 0.1) is 6.92 Å². The molecule has 2 aromatic rings. The second-order valence-corrected chi connectivity index (χ2v) is 5.89. The second-order valence-electron chi connectivity index (χ2n) is 5.89. The van der Waals surface area contributed by atoms with Crippen LogP contribution in [0.2, 0.25) is 0 Å². The zero-order chi connectivity index (χ0) is 18.2. The van der Waals surface area contributed by atoms with E-state index in [4.69, 9.17) is 14.2 Å². The normalized spacial score (nSPS) is 11.9. The first-order valence-electron chi connectivity index (χ1n) is 8.33. The maximum absolute atomic E-state index is 10.2. The molecule has 1 atom stereocenters. The fourth-order valence-corrected chi connectivity index (χ4v) is 2.79. The van der Waals surface area contributed by atoms with Gasteiger partial charge in [0.25, 0.3) is 0 Å². The lowest BCUT2D eigenvalue weighted by Crippen LogP contribution is -2.23. The van der Waals surface area contributed by atoms with Gasteiger partial charge in [-0.3, -0.25) is 0 Å². The van der Waals surface area contributed by atoms with Crippen LogP contribution in [0.3, 0.4) is 0 Å². The van der Waals surface area contributed by atoms with Crippen LogP contribution in [0.25, 0.3) is 0 Å². The van der Waals surface area contributed by atoms with Crippen molar-refractivity contribution in [2.45, 2.75) is 19.4 Å². The number of methoxy groups -OCH3 is 3. The molecule has 1 unspecified atom stereocenters. The van der Waals surface area contributed by atoms with E-state index >= 15 is 0 Å². The highest BCUT2D eigenvalue weighted by molar-refractivity contribution is 5.49. The predicted octanol–water partition coefficient (Wildman–Crippen LogP) is 2.89. The second kappa shape index (κ2) is 9.30. The van der Waals surface area contributed by atoms with E-state index in [9.17, 15) is 5.11 Å². The summed E-state index contributed by atoms with van der Waals surface area (Å²) in [5.74, 6) is 2.30. The molecule has 0 heterocycles. The van der Waals surface area contributed by atoms with Gasteiger partial charge in [-0.1, -0.05) is 18.2 Å². The third-order valence-electron chi connectivity index (χ3n) is 4.15. The van der Waals surface area contributed by atoms with Crippen LogP contribution in [-0.2, 0) is 6.42 Å². The Bertz CT molecular complexity index is 670. The Hall–Kier alpha value is -2.24. The molecule has 0 fully saturated rings. The summed E-state index contributed by atoms with van der Waals surface area (Å²) < 4.78 is 15.9. The highest BCUT2D eigenvalue weighted by atomic mass is 16.5. The van der Waals surface area contributed by atoms with Gasteiger partial charge in [-0.15, -0.1) is 0 Å². The largest absolute Gasteiger partial charge is 0.497 e. The van der Waals surface area contributed by atoms with E-state index in [0.717, 1.165) is 41.3 Å². The SMILES string of the molecule is COc1ccc(C(O)CNCCc2cc(C)c(OC)c(OC)c2)cc1. The van der Waals surface area contributed by atoms with Crippen LogP contribution in [-0.4, -0.2) is 39.5 Å². The summed E-state index contributed by atoms with van der Waals surface area (Å²) >= 11 is 0. The molecule has 0 aliphatic carbocycles.